The monoisotopic (exact) mass is 487 g/mol. The molecular formula is C21H21N5O5S2. The van der Waals surface area contributed by atoms with Crippen LogP contribution in [-0.2, 0) is 14.8 Å². The number of para-hydroxylation sites is 1. The van der Waals surface area contributed by atoms with Crippen molar-refractivity contribution in [1.82, 2.24) is 0 Å². The van der Waals surface area contributed by atoms with Gasteiger partial charge in [0.25, 0.3) is 15.7 Å². The average Bonchev–Trinajstić information content (AvgIpc) is 3.29. The molecule has 33 heavy (non-hydrogen) atoms. The van der Waals surface area contributed by atoms with Crippen LogP contribution in [0.1, 0.15) is 4.88 Å². The number of anilines is 3. The third-order valence-corrected chi connectivity index (χ3v) is 7.27. The molecule has 2 aromatic carbocycles. The van der Waals surface area contributed by atoms with Gasteiger partial charge in [-0.15, -0.1) is 11.3 Å². The maximum Gasteiger partial charge on any atom is 0.295 e. The maximum absolute atomic E-state index is 12.6. The molecule has 0 atom stereocenters. The minimum Gasteiger partial charge on any atom is -0.378 e. The van der Waals surface area contributed by atoms with Crippen molar-refractivity contribution < 1.29 is 18.1 Å². The van der Waals surface area contributed by atoms with Gasteiger partial charge < -0.3 is 9.64 Å². The predicted molar refractivity (Wildman–Crippen MR) is 129 cm³/mol. The highest BCUT2D eigenvalue weighted by Gasteiger charge is 2.21. The lowest BCUT2D eigenvalue weighted by atomic mass is 10.3. The number of ether oxygens (including phenoxy) is 1. The van der Waals surface area contributed by atoms with Gasteiger partial charge in [-0.2, -0.15) is 5.10 Å². The topological polar surface area (TPSA) is 126 Å². The molecule has 1 saturated heterocycles. The number of rotatable bonds is 8. The average molecular weight is 488 g/mol. The number of sulfonamides is 1. The summed E-state index contributed by atoms with van der Waals surface area (Å²) in [6.45, 7) is 3.05. The van der Waals surface area contributed by atoms with Gasteiger partial charge in [-0.25, -0.2) is 8.42 Å². The quantitative estimate of drug-likeness (QED) is 0.282. The van der Waals surface area contributed by atoms with Gasteiger partial charge >= 0.3 is 0 Å². The molecule has 0 saturated carbocycles. The van der Waals surface area contributed by atoms with Crippen molar-refractivity contribution in [3.8, 4) is 0 Å². The number of hydrazone groups is 1. The Morgan fingerprint density at radius 1 is 1.09 bits per heavy atom. The lowest BCUT2D eigenvalue weighted by molar-refractivity contribution is -0.384. The fourth-order valence-corrected chi connectivity index (χ4v) is 5.18. The first-order chi connectivity index (χ1) is 15.9. The zero-order valence-electron chi connectivity index (χ0n) is 17.4. The van der Waals surface area contributed by atoms with E-state index in [1.165, 1.54) is 12.1 Å². The summed E-state index contributed by atoms with van der Waals surface area (Å²) < 4.78 is 33.0. The second-order valence-electron chi connectivity index (χ2n) is 7.05. The first-order valence-corrected chi connectivity index (χ1v) is 12.3. The van der Waals surface area contributed by atoms with E-state index in [1.54, 1.807) is 47.9 Å². The Bertz CT molecular complexity index is 1260. The molecular weight excluding hydrogens is 466 g/mol. The van der Waals surface area contributed by atoms with Crippen LogP contribution >= 0.6 is 11.3 Å². The second kappa shape index (κ2) is 9.98. The highest BCUT2D eigenvalue weighted by Crippen LogP contribution is 2.29. The van der Waals surface area contributed by atoms with Gasteiger partial charge in [0.1, 0.15) is 5.69 Å². The molecule has 1 aromatic heterocycles. The zero-order valence-corrected chi connectivity index (χ0v) is 19.0. The highest BCUT2D eigenvalue weighted by atomic mass is 32.2. The molecule has 0 unspecified atom stereocenters. The SMILES string of the molecule is O=[N+]([O-])c1cc(S(=O)(=O)Nc2ccccc2)ccc1N/N=C\c1ccc(N2CCOCC2)s1. The van der Waals surface area contributed by atoms with Crippen LogP contribution in [0.25, 0.3) is 0 Å². The van der Waals surface area contributed by atoms with Crippen molar-refractivity contribution in [2.24, 2.45) is 5.10 Å². The van der Waals surface area contributed by atoms with Crippen molar-refractivity contribution in [3.63, 3.8) is 0 Å². The van der Waals surface area contributed by atoms with Crippen molar-refractivity contribution in [2.75, 3.05) is 41.4 Å². The number of nitrogens with one attached hydrogen (secondary N) is 2. The smallest absolute Gasteiger partial charge is 0.295 e. The third-order valence-electron chi connectivity index (χ3n) is 4.81. The van der Waals surface area contributed by atoms with E-state index in [4.69, 9.17) is 4.74 Å². The van der Waals surface area contributed by atoms with E-state index in [1.807, 2.05) is 12.1 Å². The molecule has 0 aliphatic carbocycles. The van der Waals surface area contributed by atoms with E-state index in [9.17, 15) is 18.5 Å². The standard InChI is InChI=1S/C21H21N5O5S2/c27-26(28)20-14-18(33(29,30)24-16-4-2-1-3-5-16)7-8-19(20)23-22-15-17-6-9-21(32-17)25-10-12-31-13-11-25/h1-9,14-15,23-24H,10-13H2/b22-15-. The second-order valence-corrected chi connectivity index (χ2v) is 9.83. The van der Waals surface area contributed by atoms with Gasteiger partial charge in [-0.05, 0) is 36.4 Å². The van der Waals surface area contributed by atoms with Crippen LogP contribution in [0.15, 0.2) is 70.7 Å². The first-order valence-electron chi connectivity index (χ1n) is 10.0. The predicted octanol–water partition coefficient (Wildman–Crippen LogP) is 3.74. The number of nitrogens with zero attached hydrogens (tertiary/aromatic N) is 3. The number of hydrogen-bond acceptors (Lipinski definition) is 9. The van der Waals surface area contributed by atoms with Crippen LogP contribution < -0.4 is 15.0 Å². The van der Waals surface area contributed by atoms with Crippen molar-refractivity contribution in [3.05, 3.63) is 75.7 Å². The van der Waals surface area contributed by atoms with Crippen LogP contribution in [0.3, 0.4) is 0 Å². The molecule has 0 radical (unpaired) electrons. The number of benzene rings is 2. The van der Waals surface area contributed by atoms with Gasteiger partial charge in [0.2, 0.25) is 0 Å². The van der Waals surface area contributed by atoms with Gasteiger partial charge in [0, 0.05) is 29.7 Å². The molecule has 2 heterocycles. The number of hydrogen-bond donors (Lipinski definition) is 2. The van der Waals surface area contributed by atoms with E-state index in [0.29, 0.717) is 18.9 Å². The fraction of sp³-hybridized carbons (Fsp3) is 0.190. The molecule has 3 aromatic rings. The number of nitro benzene ring substituents is 1. The van der Waals surface area contributed by atoms with Gasteiger partial charge in [0.05, 0.1) is 34.2 Å². The minimum absolute atomic E-state index is 0.0832. The molecule has 172 valence electrons. The molecule has 10 nitrogen and oxygen atoms in total. The summed E-state index contributed by atoms with van der Waals surface area (Å²) in [6, 6.07) is 15.8. The lowest BCUT2D eigenvalue weighted by Crippen LogP contribution is -2.35. The molecule has 1 aliphatic heterocycles. The van der Waals surface area contributed by atoms with E-state index >= 15 is 0 Å². The Labute approximate surface area is 194 Å². The van der Waals surface area contributed by atoms with Gasteiger partial charge in [-0.3, -0.25) is 20.3 Å². The summed E-state index contributed by atoms with van der Waals surface area (Å²) in [7, 11) is -3.99. The Morgan fingerprint density at radius 2 is 1.85 bits per heavy atom. The summed E-state index contributed by atoms with van der Waals surface area (Å²) in [5.41, 5.74) is 2.69. The molecule has 0 amide bonds. The highest BCUT2D eigenvalue weighted by molar-refractivity contribution is 7.92. The third kappa shape index (κ3) is 5.66. The fourth-order valence-electron chi connectivity index (χ4n) is 3.18. The number of nitro groups is 1. The molecule has 2 N–H and O–H groups in total. The first kappa shape index (κ1) is 22.7. The summed E-state index contributed by atoms with van der Waals surface area (Å²) in [4.78, 5) is 13.8. The van der Waals surface area contributed by atoms with Crippen LogP contribution in [0, 0.1) is 10.1 Å². The van der Waals surface area contributed by atoms with E-state index in [2.05, 4.69) is 20.1 Å². The van der Waals surface area contributed by atoms with Gasteiger partial charge in [-0.1, -0.05) is 18.2 Å². The summed E-state index contributed by atoms with van der Waals surface area (Å²) in [6.07, 6.45) is 1.57. The molecule has 0 spiro atoms. The largest absolute Gasteiger partial charge is 0.378 e. The lowest BCUT2D eigenvalue weighted by Gasteiger charge is -2.27. The van der Waals surface area contributed by atoms with Crippen LogP contribution in [0.5, 0.6) is 0 Å². The van der Waals surface area contributed by atoms with E-state index in [0.717, 1.165) is 29.0 Å². The molecule has 1 aliphatic rings. The molecule has 1 fully saturated rings. The van der Waals surface area contributed by atoms with E-state index in [-0.39, 0.29) is 10.6 Å². The van der Waals surface area contributed by atoms with Crippen LogP contribution in [-0.4, -0.2) is 45.9 Å². The summed E-state index contributed by atoms with van der Waals surface area (Å²) in [5.74, 6) is 0. The van der Waals surface area contributed by atoms with Gasteiger partial charge in [0.15, 0.2) is 0 Å². The Balaban J connectivity index is 1.48. The summed E-state index contributed by atoms with van der Waals surface area (Å²) in [5, 5.41) is 16.8. The van der Waals surface area contributed by atoms with Crippen molar-refractivity contribution >= 4 is 49.6 Å². The van der Waals surface area contributed by atoms with E-state index < -0.39 is 20.6 Å². The molecule has 12 heteroatoms. The minimum atomic E-state index is -3.99. The normalized spacial score (nSPS) is 14.4. The zero-order chi connectivity index (χ0) is 23.3. The van der Waals surface area contributed by atoms with Crippen LogP contribution in [0.4, 0.5) is 22.1 Å². The number of morpholine rings is 1. The van der Waals surface area contributed by atoms with Crippen molar-refractivity contribution in [2.45, 2.75) is 4.90 Å². The van der Waals surface area contributed by atoms with Crippen LogP contribution in [0.2, 0.25) is 0 Å². The Kier molecular flexibility index (Phi) is 6.87. The number of thiophene rings is 1. The Hall–Kier alpha value is -3.48. The molecule has 0 bridgehead atoms. The molecule has 4 rings (SSSR count). The maximum atomic E-state index is 12.6. The Morgan fingerprint density at radius 3 is 2.58 bits per heavy atom. The summed E-state index contributed by atoms with van der Waals surface area (Å²) >= 11 is 1.55. The van der Waals surface area contributed by atoms with Crippen molar-refractivity contribution in [1.29, 1.82) is 0 Å².